The highest BCUT2D eigenvalue weighted by Crippen LogP contribution is 2.28. The van der Waals surface area contributed by atoms with E-state index in [1.54, 1.807) is 24.3 Å². The van der Waals surface area contributed by atoms with Crippen molar-refractivity contribution in [3.8, 4) is 5.69 Å². The summed E-state index contributed by atoms with van der Waals surface area (Å²) < 4.78 is 44.2. The maximum atomic E-state index is 14.7. The van der Waals surface area contributed by atoms with Crippen molar-refractivity contribution in [2.45, 2.75) is 25.7 Å². The Hall–Kier alpha value is -3.66. The van der Waals surface area contributed by atoms with E-state index < -0.39 is 28.3 Å². The first kappa shape index (κ1) is 28.4. The first-order valence-electron chi connectivity index (χ1n) is 11.8. The Morgan fingerprint density at radius 2 is 1.69 bits per heavy atom. The van der Waals surface area contributed by atoms with Crippen molar-refractivity contribution in [3.05, 3.63) is 111 Å². The van der Waals surface area contributed by atoms with Crippen molar-refractivity contribution in [1.82, 2.24) is 9.99 Å². The molecule has 0 aliphatic heterocycles. The third-order valence-corrected chi connectivity index (χ3v) is 8.55. The summed E-state index contributed by atoms with van der Waals surface area (Å²) in [5.41, 5.74) is 6.22. The highest BCUT2D eigenvalue weighted by atomic mass is 35.5. The number of halogens is 3. The Morgan fingerprint density at radius 1 is 1.00 bits per heavy atom. The SMILES string of the molecule is Cc1ccc(S(=O)(=O)N(CC(=O)N/N=C/c2cc(C)n(-c3ccc(Cl)c(Cl)c3)c2C)c2ccccc2F)cc1. The molecule has 0 radical (unpaired) electrons. The maximum absolute atomic E-state index is 14.7. The molecular formula is C28H25Cl2FN4O3S. The molecule has 4 aromatic rings. The van der Waals surface area contributed by atoms with Crippen LogP contribution in [-0.2, 0) is 14.8 Å². The molecule has 0 atom stereocenters. The lowest BCUT2D eigenvalue weighted by molar-refractivity contribution is -0.119. The smallest absolute Gasteiger partial charge is 0.264 e. The number of hydrogen-bond acceptors (Lipinski definition) is 4. The molecular weight excluding hydrogens is 562 g/mol. The number of nitrogens with one attached hydrogen (secondary N) is 1. The molecule has 202 valence electrons. The van der Waals surface area contributed by atoms with Gasteiger partial charge in [0.05, 0.1) is 26.8 Å². The quantitative estimate of drug-likeness (QED) is 0.197. The molecule has 0 aliphatic carbocycles. The molecule has 1 amide bonds. The molecule has 0 spiro atoms. The van der Waals surface area contributed by atoms with E-state index in [4.69, 9.17) is 23.2 Å². The molecule has 3 aromatic carbocycles. The highest BCUT2D eigenvalue weighted by Gasteiger charge is 2.29. The summed E-state index contributed by atoms with van der Waals surface area (Å²) in [6, 6.07) is 18.6. The molecule has 0 aliphatic rings. The van der Waals surface area contributed by atoms with E-state index in [9.17, 15) is 17.6 Å². The van der Waals surface area contributed by atoms with E-state index in [1.165, 1.54) is 36.5 Å². The number of amides is 1. The van der Waals surface area contributed by atoms with Crippen LogP contribution in [-0.4, -0.2) is 31.7 Å². The molecule has 39 heavy (non-hydrogen) atoms. The summed E-state index contributed by atoms with van der Waals surface area (Å²) in [5.74, 6) is -1.53. The fraction of sp³-hybridized carbons (Fsp3) is 0.143. The van der Waals surface area contributed by atoms with Crippen LogP contribution < -0.4 is 9.73 Å². The number of carbonyl (C=O) groups excluding carboxylic acids is 1. The molecule has 0 saturated carbocycles. The summed E-state index contributed by atoms with van der Waals surface area (Å²) in [4.78, 5) is 12.8. The standard InChI is InChI=1S/C28H25Cl2FN4O3S/c1-18-8-11-23(12-9-18)39(37,38)34(27-7-5-4-6-26(27)31)17-28(36)33-32-16-21-14-19(2)35(20(21)3)22-10-13-24(29)25(30)15-22/h4-16H,17H2,1-3H3,(H,33,36)/b32-16+. The second-order valence-electron chi connectivity index (χ2n) is 8.83. The number of hydrogen-bond donors (Lipinski definition) is 1. The number of carbonyl (C=O) groups is 1. The summed E-state index contributed by atoms with van der Waals surface area (Å²) in [7, 11) is -4.25. The molecule has 0 fully saturated rings. The summed E-state index contributed by atoms with van der Waals surface area (Å²) in [5, 5.41) is 4.88. The fourth-order valence-corrected chi connectivity index (χ4v) is 5.79. The summed E-state index contributed by atoms with van der Waals surface area (Å²) in [6.45, 7) is 4.93. The van der Waals surface area contributed by atoms with Crippen LogP contribution in [0.25, 0.3) is 5.69 Å². The van der Waals surface area contributed by atoms with E-state index in [0.29, 0.717) is 10.0 Å². The van der Waals surface area contributed by atoms with Gasteiger partial charge in [0.25, 0.3) is 15.9 Å². The molecule has 7 nitrogen and oxygen atoms in total. The molecule has 1 N–H and O–H groups in total. The number of anilines is 1. The van der Waals surface area contributed by atoms with Gasteiger partial charge in [0.15, 0.2) is 0 Å². The zero-order valence-electron chi connectivity index (χ0n) is 21.3. The molecule has 1 heterocycles. The van der Waals surface area contributed by atoms with Crippen LogP contribution in [0.15, 0.2) is 82.8 Å². The van der Waals surface area contributed by atoms with E-state index in [0.717, 1.165) is 38.6 Å². The van der Waals surface area contributed by atoms with E-state index in [1.807, 2.05) is 37.5 Å². The number of rotatable bonds is 8. The molecule has 11 heteroatoms. The van der Waals surface area contributed by atoms with E-state index in [2.05, 4.69) is 10.5 Å². The van der Waals surface area contributed by atoms with Gasteiger partial charge in [-0.25, -0.2) is 18.2 Å². The fourth-order valence-electron chi connectivity index (χ4n) is 4.07. The van der Waals surface area contributed by atoms with Crippen molar-refractivity contribution in [2.24, 2.45) is 5.10 Å². The molecule has 0 unspecified atom stereocenters. The van der Waals surface area contributed by atoms with Gasteiger partial charge in [-0.15, -0.1) is 0 Å². The van der Waals surface area contributed by atoms with Gasteiger partial charge in [-0.05, 0) is 69.3 Å². The lowest BCUT2D eigenvalue weighted by Crippen LogP contribution is -2.40. The average Bonchev–Trinajstić information content (AvgIpc) is 3.17. The van der Waals surface area contributed by atoms with Crippen molar-refractivity contribution in [1.29, 1.82) is 0 Å². The third-order valence-electron chi connectivity index (χ3n) is 6.04. The van der Waals surface area contributed by atoms with Crippen molar-refractivity contribution in [3.63, 3.8) is 0 Å². The third kappa shape index (κ3) is 6.16. The first-order valence-corrected chi connectivity index (χ1v) is 14.0. The Labute approximate surface area is 236 Å². The predicted molar refractivity (Wildman–Crippen MR) is 153 cm³/mol. The number of sulfonamides is 1. The Kier molecular flexibility index (Phi) is 8.44. The molecule has 1 aromatic heterocycles. The Balaban J connectivity index is 1.56. The highest BCUT2D eigenvalue weighted by molar-refractivity contribution is 7.92. The lowest BCUT2D eigenvalue weighted by atomic mass is 10.2. The number of nitrogens with zero attached hydrogens (tertiary/aromatic N) is 3. The molecule has 4 rings (SSSR count). The van der Waals surface area contributed by atoms with Gasteiger partial charge in [-0.1, -0.05) is 53.0 Å². The number of hydrazone groups is 1. The second-order valence-corrected chi connectivity index (χ2v) is 11.5. The Morgan fingerprint density at radius 3 is 2.36 bits per heavy atom. The van der Waals surface area contributed by atoms with Crippen LogP contribution in [0.3, 0.4) is 0 Å². The monoisotopic (exact) mass is 586 g/mol. The minimum absolute atomic E-state index is 0.0672. The van der Waals surface area contributed by atoms with Crippen LogP contribution in [0.4, 0.5) is 10.1 Å². The van der Waals surface area contributed by atoms with Gasteiger partial charge in [0.2, 0.25) is 0 Å². The van der Waals surface area contributed by atoms with Crippen LogP contribution >= 0.6 is 23.2 Å². The van der Waals surface area contributed by atoms with Crippen molar-refractivity contribution < 1.29 is 17.6 Å². The van der Waals surface area contributed by atoms with Crippen LogP contribution in [0.2, 0.25) is 10.0 Å². The topological polar surface area (TPSA) is 83.8 Å². The molecule has 0 saturated heterocycles. The largest absolute Gasteiger partial charge is 0.318 e. The average molecular weight is 588 g/mol. The zero-order valence-corrected chi connectivity index (χ0v) is 23.6. The number of para-hydroxylation sites is 1. The van der Waals surface area contributed by atoms with E-state index in [-0.39, 0.29) is 10.6 Å². The van der Waals surface area contributed by atoms with Crippen molar-refractivity contribution >= 4 is 51.0 Å². The van der Waals surface area contributed by atoms with E-state index >= 15 is 0 Å². The minimum Gasteiger partial charge on any atom is -0.318 e. The number of benzene rings is 3. The number of aromatic nitrogens is 1. The predicted octanol–water partition coefficient (Wildman–Crippen LogP) is 6.19. The van der Waals surface area contributed by atoms with Gasteiger partial charge in [-0.3, -0.25) is 9.10 Å². The minimum atomic E-state index is -4.25. The maximum Gasteiger partial charge on any atom is 0.264 e. The first-order chi connectivity index (χ1) is 18.5. The lowest BCUT2D eigenvalue weighted by Gasteiger charge is -2.24. The van der Waals surface area contributed by atoms with Crippen LogP contribution in [0, 0.1) is 26.6 Å². The van der Waals surface area contributed by atoms with Gasteiger partial charge in [0, 0.05) is 22.6 Å². The van der Waals surface area contributed by atoms with Gasteiger partial charge >= 0.3 is 0 Å². The second kappa shape index (κ2) is 11.6. The summed E-state index contributed by atoms with van der Waals surface area (Å²) in [6.07, 6.45) is 1.45. The van der Waals surface area contributed by atoms with Gasteiger partial charge in [0.1, 0.15) is 12.4 Å². The van der Waals surface area contributed by atoms with Crippen LogP contribution in [0.1, 0.15) is 22.5 Å². The van der Waals surface area contributed by atoms with Gasteiger partial charge in [-0.2, -0.15) is 5.10 Å². The van der Waals surface area contributed by atoms with Gasteiger partial charge < -0.3 is 4.57 Å². The normalized spacial score (nSPS) is 11.6. The zero-order chi connectivity index (χ0) is 28.3. The number of aryl methyl sites for hydroxylation is 2. The summed E-state index contributed by atoms with van der Waals surface area (Å²) >= 11 is 12.2. The van der Waals surface area contributed by atoms with Crippen LogP contribution in [0.5, 0.6) is 0 Å². The molecule has 0 bridgehead atoms. The Bertz CT molecular complexity index is 1670. The van der Waals surface area contributed by atoms with Crippen molar-refractivity contribution in [2.75, 3.05) is 10.8 Å².